The summed E-state index contributed by atoms with van der Waals surface area (Å²) in [5.74, 6) is -2.29. The molecule has 0 heterocycles. The maximum atomic E-state index is 13.8. The van der Waals surface area contributed by atoms with E-state index in [2.05, 4.69) is 15.9 Å². The van der Waals surface area contributed by atoms with Gasteiger partial charge in [0, 0.05) is 12.0 Å². The molecule has 104 valence electrons. The van der Waals surface area contributed by atoms with Crippen molar-refractivity contribution in [2.45, 2.75) is 12.5 Å². The van der Waals surface area contributed by atoms with Gasteiger partial charge in [0.15, 0.2) is 5.78 Å². The molecule has 0 saturated heterocycles. The average Bonchev–Trinajstić information content (AvgIpc) is 2.47. The number of aliphatic hydroxyl groups excluding tert-OH is 1. The van der Waals surface area contributed by atoms with Crippen molar-refractivity contribution in [1.82, 2.24) is 0 Å². The van der Waals surface area contributed by atoms with Gasteiger partial charge in [-0.3, -0.25) is 4.79 Å². The fraction of sp³-hybridized carbons (Fsp3) is 0.133. The van der Waals surface area contributed by atoms with Crippen molar-refractivity contribution in [3.63, 3.8) is 0 Å². The van der Waals surface area contributed by atoms with E-state index in [1.807, 2.05) is 0 Å². The van der Waals surface area contributed by atoms with Crippen LogP contribution < -0.4 is 0 Å². The van der Waals surface area contributed by atoms with Crippen molar-refractivity contribution < 1.29 is 18.7 Å². The van der Waals surface area contributed by atoms with E-state index in [0.717, 1.165) is 6.07 Å². The van der Waals surface area contributed by atoms with Gasteiger partial charge in [-0.05, 0) is 33.6 Å². The average molecular weight is 341 g/mol. The highest BCUT2D eigenvalue weighted by Gasteiger charge is 2.22. The van der Waals surface area contributed by atoms with Crippen LogP contribution >= 0.6 is 15.9 Å². The zero-order valence-corrected chi connectivity index (χ0v) is 11.9. The number of carbonyl (C=O) groups excluding carboxylic acids is 1. The number of hydrogen-bond donors (Lipinski definition) is 1. The van der Waals surface area contributed by atoms with Gasteiger partial charge in [0.05, 0.1) is 4.47 Å². The zero-order valence-electron chi connectivity index (χ0n) is 10.3. The fourth-order valence-electron chi connectivity index (χ4n) is 1.82. The van der Waals surface area contributed by atoms with Crippen LogP contribution in [-0.4, -0.2) is 10.9 Å². The molecule has 1 unspecified atom stereocenters. The molecule has 0 saturated carbocycles. The van der Waals surface area contributed by atoms with Crippen LogP contribution in [-0.2, 0) is 11.2 Å². The SMILES string of the molecule is O=C(Cc1c(F)ccc(Br)c1F)C(O)c1ccccc1. The normalized spacial score (nSPS) is 12.2. The van der Waals surface area contributed by atoms with Gasteiger partial charge in [0.1, 0.15) is 17.7 Å². The molecule has 0 fully saturated rings. The van der Waals surface area contributed by atoms with Gasteiger partial charge >= 0.3 is 0 Å². The summed E-state index contributed by atoms with van der Waals surface area (Å²) < 4.78 is 27.4. The third-order valence-electron chi connectivity index (χ3n) is 2.91. The van der Waals surface area contributed by atoms with Gasteiger partial charge in [0.2, 0.25) is 0 Å². The fourth-order valence-corrected chi connectivity index (χ4v) is 2.19. The van der Waals surface area contributed by atoms with E-state index in [-0.39, 0.29) is 10.0 Å². The van der Waals surface area contributed by atoms with Gasteiger partial charge in [-0.2, -0.15) is 0 Å². The Morgan fingerprint density at radius 2 is 1.80 bits per heavy atom. The van der Waals surface area contributed by atoms with E-state index in [1.165, 1.54) is 6.07 Å². The van der Waals surface area contributed by atoms with Crippen LogP contribution in [0.3, 0.4) is 0 Å². The molecule has 2 aromatic carbocycles. The first-order chi connectivity index (χ1) is 9.50. The molecular formula is C15H11BrF2O2. The van der Waals surface area contributed by atoms with Crippen LogP contribution in [0.15, 0.2) is 46.9 Å². The number of aliphatic hydroxyl groups is 1. The highest BCUT2D eigenvalue weighted by molar-refractivity contribution is 9.10. The lowest BCUT2D eigenvalue weighted by atomic mass is 9.99. The highest BCUT2D eigenvalue weighted by Crippen LogP contribution is 2.24. The molecule has 5 heteroatoms. The topological polar surface area (TPSA) is 37.3 Å². The Morgan fingerprint density at radius 3 is 2.45 bits per heavy atom. The second kappa shape index (κ2) is 6.24. The monoisotopic (exact) mass is 340 g/mol. The van der Waals surface area contributed by atoms with E-state index < -0.39 is 29.9 Å². The molecule has 1 N–H and O–H groups in total. The van der Waals surface area contributed by atoms with Crippen molar-refractivity contribution in [3.8, 4) is 0 Å². The molecule has 0 bridgehead atoms. The summed E-state index contributed by atoms with van der Waals surface area (Å²) in [5, 5.41) is 9.90. The van der Waals surface area contributed by atoms with Crippen LogP contribution in [0.4, 0.5) is 8.78 Å². The number of rotatable bonds is 4. The van der Waals surface area contributed by atoms with Crippen molar-refractivity contribution in [2.75, 3.05) is 0 Å². The van der Waals surface area contributed by atoms with Gasteiger partial charge in [0.25, 0.3) is 0 Å². The number of benzene rings is 2. The molecule has 0 aromatic heterocycles. The lowest BCUT2D eigenvalue weighted by molar-refractivity contribution is -0.126. The largest absolute Gasteiger partial charge is 0.381 e. The minimum atomic E-state index is -1.39. The van der Waals surface area contributed by atoms with E-state index in [9.17, 15) is 18.7 Å². The number of Topliss-reactive ketones (excluding diaryl/α,β-unsaturated/α-hetero) is 1. The first kappa shape index (κ1) is 14.8. The third-order valence-corrected chi connectivity index (χ3v) is 3.52. The molecule has 0 amide bonds. The quantitative estimate of drug-likeness (QED) is 0.864. The lowest BCUT2D eigenvalue weighted by Gasteiger charge is -2.11. The molecule has 2 nitrogen and oxygen atoms in total. The Balaban J connectivity index is 2.23. The summed E-state index contributed by atoms with van der Waals surface area (Å²) in [4.78, 5) is 11.9. The number of ketones is 1. The Labute approximate surface area is 123 Å². The first-order valence-electron chi connectivity index (χ1n) is 5.89. The van der Waals surface area contributed by atoms with Crippen molar-refractivity contribution in [3.05, 3.63) is 69.7 Å². The molecule has 0 spiro atoms. The Kier molecular flexibility index (Phi) is 4.62. The van der Waals surface area contributed by atoms with E-state index in [4.69, 9.17) is 0 Å². The standard InChI is InChI=1S/C15H11BrF2O2/c16-11-6-7-12(17)10(14(11)18)8-13(19)15(20)9-4-2-1-3-5-9/h1-7,15,20H,8H2. The van der Waals surface area contributed by atoms with Crippen LogP contribution in [0.2, 0.25) is 0 Å². The molecule has 0 aliphatic heterocycles. The minimum Gasteiger partial charge on any atom is -0.381 e. The second-order valence-corrected chi connectivity index (χ2v) is 5.13. The summed E-state index contributed by atoms with van der Waals surface area (Å²) in [5.41, 5.74) is 0.0488. The molecule has 20 heavy (non-hydrogen) atoms. The van der Waals surface area contributed by atoms with Crippen LogP contribution in [0.25, 0.3) is 0 Å². The Hall–Kier alpha value is -1.59. The zero-order chi connectivity index (χ0) is 14.7. The molecule has 0 radical (unpaired) electrons. The summed E-state index contributed by atoms with van der Waals surface area (Å²) in [6.07, 6.45) is -1.90. The predicted molar refractivity (Wildman–Crippen MR) is 74.2 cm³/mol. The minimum absolute atomic E-state index is 0.0795. The summed E-state index contributed by atoms with van der Waals surface area (Å²) >= 11 is 2.94. The van der Waals surface area contributed by atoms with Crippen molar-refractivity contribution in [1.29, 1.82) is 0 Å². The molecular weight excluding hydrogens is 330 g/mol. The van der Waals surface area contributed by atoms with Crippen LogP contribution in [0.5, 0.6) is 0 Å². The van der Waals surface area contributed by atoms with Gasteiger partial charge in [-0.15, -0.1) is 0 Å². The smallest absolute Gasteiger partial charge is 0.170 e. The second-order valence-electron chi connectivity index (χ2n) is 4.28. The Bertz CT molecular complexity index is 629. The molecule has 2 rings (SSSR count). The van der Waals surface area contributed by atoms with Crippen LogP contribution in [0.1, 0.15) is 17.2 Å². The summed E-state index contributed by atoms with van der Waals surface area (Å²) in [7, 11) is 0. The van der Waals surface area contributed by atoms with E-state index in [0.29, 0.717) is 5.56 Å². The van der Waals surface area contributed by atoms with E-state index >= 15 is 0 Å². The maximum Gasteiger partial charge on any atom is 0.170 e. The number of hydrogen-bond acceptors (Lipinski definition) is 2. The van der Waals surface area contributed by atoms with E-state index in [1.54, 1.807) is 30.3 Å². The van der Waals surface area contributed by atoms with Gasteiger partial charge < -0.3 is 5.11 Å². The molecule has 0 aliphatic rings. The highest BCUT2D eigenvalue weighted by atomic mass is 79.9. The molecule has 2 aromatic rings. The molecule has 1 atom stereocenters. The lowest BCUT2D eigenvalue weighted by Crippen LogP contribution is -2.16. The Morgan fingerprint density at radius 1 is 1.15 bits per heavy atom. The summed E-state index contributed by atoms with van der Waals surface area (Å²) in [6.45, 7) is 0. The predicted octanol–water partition coefficient (Wildman–Crippen LogP) is 3.57. The van der Waals surface area contributed by atoms with Gasteiger partial charge in [-0.25, -0.2) is 8.78 Å². The number of halogens is 3. The van der Waals surface area contributed by atoms with Crippen molar-refractivity contribution >= 4 is 21.7 Å². The molecule has 0 aliphatic carbocycles. The van der Waals surface area contributed by atoms with Gasteiger partial charge in [-0.1, -0.05) is 30.3 Å². The first-order valence-corrected chi connectivity index (χ1v) is 6.68. The van der Waals surface area contributed by atoms with Crippen molar-refractivity contribution in [2.24, 2.45) is 0 Å². The third kappa shape index (κ3) is 3.11. The maximum absolute atomic E-state index is 13.8. The summed E-state index contributed by atoms with van der Waals surface area (Å²) in [6, 6.07) is 10.6. The number of carbonyl (C=O) groups is 1. The van der Waals surface area contributed by atoms with Crippen LogP contribution in [0, 0.1) is 11.6 Å².